The van der Waals surface area contributed by atoms with Gasteiger partial charge in [-0.15, -0.1) is 22.7 Å². The number of thiophene rings is 2. The zero-order chi connectivity index (χ0) is 45.7. The van der Waals surface area contributed by atoms with E-state index in [-0.39, 0.29) is 68.2 Å². The van der Waals surface area contributed by atoms with Gasteiger partial charge in [-0.2, -0.15) is 0 Å². The van der Waals surface area contributed by atoms with Crippen molar-refractivity contribution < 1.29 is 46.3 Å². The molecule has 0 bridgehead atoms. The van der Waals surface area contributed by atoms with Crippen LogP contribution in [0.25, 0.3) is 23.5 Å². The van der Waals surface area contributed by atoms with E-state index in [0.29, 0.717) is 44.0 Å². The van der Waals surface area contributed by atoms with Crippen LogP contribution >= 0.6 is 22.7 Å². The molecule has 2 unspecified atom stereocenters. The van der Waals surface area contributed by atoms with Crippen molar-refractivity contribution >= 4 is 81.2 Å². The molecule has 2 aliphatic carbocycles. The van der Waals surface area contributed by atoms with Crippen LogP contribution in [-0.2, 0) is 9.59 Å². The van der Waals surface area contributed by atoms with Crippen LogP contribution in [-0.4, -0.2) is 57.8 Å². The third-order valence-corrected chi connectivity index (χ3v) is 14.6. The lowest BCUT2D eigenvalue weighted by atomic mass is 9.98. The maximum absolute atomic E-state index is 15.1. The third-order valence-electron chi connectivity index (χ3n) is 12.5. The summed E-state index contributed by atoms with van der Waals surface area (Å²) >= 11 is 2.34. The number of rotatable bonds is 16. The molecule has 330 valence electrons. The van der Waals surface area contributed by atoms with Gasteiger partial charge in [0.25, 0.3) is 11.8 Å². The van der Waals surface area contributed by atoms with Crippen LogP contribution in [0.2, 0.25) is 0 Å². The van der Waals surface area contributed by atoms with E-state index in [4.69, 9.17) is 0 Å². The Hall–Kier alpha value is -5.86. The van der Waals surface area contributed by atoms with Crippen molar-refractivity contribution in [3.63, 3.8) is 0 Å². The van der Waals surface area contributed by atoms with Crippen LogP contribution in [0.1, 0.15) is 140 Å². The van der Waals surface area contributed by atoms with Gasteiger partial charge in [-0.3, -0.25) is 28.8 Å². The van der Waals surface area contributed by atoms with E-state index < -0.39 is 46.4 Å². The highest BCUT2D eigenvalue weighted by atomic mass is 32.1. The summed E-state index contributed by atoms with van der Waals surface area (Å²) in [7, 11) is 0. The van der Waals surface area contributed by atoms with Gasteiger partial charge in [0.2, 0.25) is 0 Å². The van der Waals surface area contributed by atoms with E-state index in [0.717, 1.165) is 75.6 Å². The summed E-state index contributed by atoms with van der Waals surface area (Å²) in [5.74, 6) is -8.46. The molecule has 2 aromatic carbocycles. The van der Waals surface area contributed by atoms with E-state index in [2.05, 4.69) is 27.7 Å². The second-order valence-electron chi connectivity index (χ2n) is 16.6. The molecular formula is C50H44F4N2O6S2. The molecule has 2 aliphatic heterocycles. The molecule has 0 saturated carbocycles. The van der Waals surface area contributed by atoms with Gasteiger partial charge in [-0.05, 0) is 85.4 Å². The van der Waals surface area contributed by atoms with Crippen molar-refractivity contribution in [1.82, 2.24) is 9.80 Å². The number of Topliss-reactive ketones (excluding diaryl/α,β-unsaturated/α-hetero) is 4. The van der Waals surface area contributed by atoms with Crippen molar-refractivity contribution in [1.29, 1.82) is 0 Å². The normalized spacial score (nSPS) is 16.9. The maximum Gasteiger partial charge on any atom is 0.261 e. The molecule has 0 N–H and O–H groups in total. The zero-order valence-electron chi connectivity index (χ0n) is 35.7. The van der Waals surface area contributed by atoms with Crippen LogP contribution in [0.4, 0.5) is 17.6 Å². The molecule has 64 heavy (non-hydrogen) atoms. The fourth-order valence-corrected chi connectivity index (χ4v) is 10.9. The second kappa shape index (κ2) is 18.0. The Bertz CT molecular complexity index is 2550. The smallest absolute Gasteiger partial charge is 0.261 e. The molecule has 0 radical (unpaired) electrons. The number of allylic oxidation sites excluding steroid dienone is 2. The Morgan fingerprint density at radius 3 is 1.14 bits per heavy atom. The van der Waals surface area contributed by atoms with E-state index in [1.807, 2.05) is 0 Å². The molecule has 2 atom stereocenters. The average Bonchev–Trinajstić information content (AvgIpc) is 4.12. The number of unbranched alkanes of at least 4 members (excludes halogenated alkanes) is 2. The van der Waals surface area contributed by atoms with Crippen LogP contribution in [0.3, 0.4) is 0 Å². The molecule has 14 heteroatoms. The maximum atomic E-state index is 15.1. The number of carbonyl (C=O) groups is 6. The van der Waals surface area contributed by atoms with Crippen molar-refractivity contribution in [2.75, 3.05) is 13.1 Å². The molecule has 2 aromatic heterocycles. The number of nitrogens with zero attached hydrogens (tertiary/aromatic N) is 2. The molecule has 0 saturated heterocycles. The van der Waals surface area contributed by atoms with E-state index in [1.54, 1.807) is 34.1 Å². The lowest BCUT2D eigenvalue weighted by Crippen LogP contribution is -2.34. The van der Waals surface area contributed by atoms with Crippen molar-refractivity contribution in [2.45, 2.75) is 79.1 Å². The average molecular weight is 909 g/mol. The number of halogens is 4. The molecule has 4 aromatic rings. The van der Waals surface area contributed by atoms with E-state index in [9.17, 15) is 36.7 Å². The molecule has 4 heterocycles. The van der Waals surface area contributed by atoms with E-state index >= 15 is 9.59 Å². The van der Waals surface area contributed by atoms with Crippen molar-refractivity contribution in [2.24, 2.45) is 11.8 Å². The Balaban J connectivity index is 1.25. The van der Waals surface area contributed by atoms with Crippen LogP contribution in [0, 0.1) is 35.1 Å². The number of fused-ring (bicyclic) bond motifs is 3. The summed E-state index contributed by atoms with van der Waals surface area (Å²) in [5.41, 5.74) is -0.164. The summed E-state index contributed by atoms with van der Waals surface area (Å²) < 4.78 is 56.4. The Labute approximate surface area is 375 Å². The first-order valence-corrected chi connectivity index (χ1v) is 23.3. The Kier molecular flexibility index (Phi) is 12.6. The summed E-state index contributed by atoms with van der Waals surface area (Å²) in [6, 6.07) is 9.71. The highest BCUT2D eigenvalue weighted by Crippen LogP contribution is 2.50. The monoisotopic (exact) mass is 908 g/mol. The first-order valence-electron chi connectivity index (χ1n) is 21.6. The molecule has 0 spiro atoms. The number of hydrogen-bond acceptors (Lipinski definition) is 8. The topological polar surface area (TPSA) is 109 Å². The highest BCUT2D eigenvalue weighted by molar-refractivity contribution is 7.14. The zero-order valence-corrected chi connectivity index (χ0v) is 37.3. The lowest BCUT2D eigenvalue weighted by molar-refractivity contribution is -0.124. The molecule has 2 amide bonds. The van der Waals surface area contributed by atoms with E-state index in [1.165, 1.54) is 34.8 Å². The van der Waals surface area contributed by atoms with Crippen LogP contribution in [0.15, 0.2) is 70.8 Å². The quantitative estimate of drug-likeness (QED) is 0.0629. The molecule has 8 nitrogen and oxygen atoms in total. The van der Waals surface area contributed by atoms with Gasteiger partial charge in [-0.25, -0.2) is 17.6 Å². The van der Waals surface area contributed by atoms with Crippen molar-refractivity contribution in [3.8, 4) is 0 Å². The van der Waals surface area contributed by atoms with Gasteiger partial charge >= 0.3 is 0 Å². The van der Waals surface area contributed by atoms with Gasteiger partial charge in [0.05, 0.1) is 43.4 Å². The van der Waals surface area contributed by atoms with Gasteiger partial charge in [0.1, 0.15) is 0 Å². The summed E-state index contributed by atoms with van der Waals surface area (Å²) in [5, 5.41) is 0. The van der Waals surface area contributed by atoms with Crippen LogP contribution in [0.5, 0.6) is 0 Å². The summed E-state index contributed by atoms with van der Waals surface area (Å²) in [6.07, 6.45) is 9.75. The minimum absolute atomic E-state index is 0.0919. The second-order valence-corrected chi connectivity index (χ2v) is 18.8. The van der Waals surface area contributed by atoms with Gasteiger partial charge in [0, 0.05) is 45.1 Å². The number of amides is 2. The minimum atomic E-state index is -1.24. The number of carbonyl (C=O) groups excluding carboxylic acids is 6. The fourth-order valence-electron chi connectivity index (χ4n) is 8.90. The number of ketones is 4. The van der Waals surface area contributed by atoms with Crippen LogP contribution < -0.4 is 0 Å². The Morgan fingerprint density at radius 2 is 0.844 bits per heavy atom. The summed E-state index contributed by atoms with van der Waals surface area (Å²) in [4.78, 5) is 88.8. The Morgan fingerprint density at radius 1 is 0.516 bits per heavy atom. The standard InChI is InChI=1S/C50H44F4N2O6S2/c1-5-9-11-25(7-3)23-55-43(39-15-13-27(63-39)17-33-45(57)29-19-35(51)36(52)20-30(29)46(33)58)41-42(49(55)61)44(56(50(41)62)24-26(8-4)12-10-6-2)40-16-14-28(64-40)18-34-47(59)31-21-37(53)38(54)22-32(31)48(34)60/h13-22,25-26H,5-12,23-24H2,1-4H3. The highest BCUT2D eigenvalue weighted by Gasteiger charge is 2.50. The lowest BCUT2D eigenvalue weighted by Gasteiger charge is -2.29. The number of hydrogen-bond donors (Lipinski definition) is 0. The summed E-state index contributed by atoms with van der Waals surface area (Å²) in [6.45, 7) is 8.93. The molecule has 8 rings (SSSR count). The van der Waals surface area contributed by atoms with Gasteiger partial charge in [-0.1, -0.05) is 66.2 Å². The largest absolute Gasteiger partial charge is 0.306 e. The van der Waals surface area contributed by atoms with Gasteiger partial charge in [0.15, 0.2) is 46.4 Å². The minimum Gasteiger partial charge on any atom is -0.306 e. The first kappa shape index (κ1) is 44.7. The first-order chi connectivity index (χ1) is 30.7. The van der Waals surface area contributed by atoms with Gasteiger partial charge < -0.3 is 9.80 Å². The predicted octanol–water partition coefficient (Wildman–Crippen LogP) is 11.5. The van der Waals surface area contributed by atoms with Crippen molar-refractivity contribution in [3.05, 3.63) is 136 Å². The fraction of sp³-hybridized carbons (Fsp3) is 0.320. The molecule has 4 aliphatic rings. The third kappa shape index (κ3) is 7.78. The predicted molar refractivity (Wildman–Crippen MR) is 239 cm³/mol. The molecular weight excluding hydrogens is 865 g/mol. The number of benzene rings is 2. The SMILES string of the molecule is CCCCC(CC)CN1C(=O)C2=C(c3ccc(C=C4C(=O)c5cc(F)c(F)cc5C4=O)s3)N(CC(CC)CCCC)C(=O)C2=C1c1ccc(C=C2C(=O)c3cc(F)c(F)cc3C2=O)s1. The molecule has 0 fully saturated rings.